The van der Waals surface area contributed by atoms with Crippen LogP contribution in [0.4, 0.5) is 0 Å². The Morgan fingerprint density at radius 1 is 1.00 bits per heavy atom. The van der Waals surface area contributed by atoms with Crippen molar-refractivity contribution in [1.82, 2.24) is 0 Å². The molecule has 1 aromatic rings. The first kappa shape index (κ1) is 9.53. The summed E-state index contributed by atoms with van der Waals surface area (Å²) in [5.41, 5.74) is 0. The third kappa shape index (κ3) is 4.12. The van der Waals surface area contributed by atoms with Crippen molar-refractivity contribution in [3.05, 3.63) is 30.3 Å². The first-order chi connectivity index (χ1) is 5.08. The van der Waals surface area contributed by atoms with Crippen LogP contribution in [0.25, 0.3) is 0 Å². The summed E-state index contributed by atoms with van der Waals surface area (Å²) < 4.78 is -1.26. The third-order valence-electron chi connectivity index (χ3n) is 0.977. The Kier molecular flexibility index (Phi) is 3.38. The number of alkyl halides is 3. The van der Waals surface area contributed by atoms with Gasteiger partial charge in [0.2, 0.25) is 3.12 Å². The molecule has 0 radical (unpaired) electrons. The van der Waals surface area contributed by atoms with Gasteiger partial charge in [-0.3, -0.25) is 0 Å². The minimum atomic E-state index is -1.26. The number of thioether (sulfide) groups is 1. The van der Waals surface area contributed by atoms with Crippen molar-refractivity contribution in [2.75, 3.05) is 0 Å². The molecule has 0 aliphatic heterocycles. The van der Waals surface area contributed by atoms with Crippen molar-refractivity contribution in [2.24, 2.45) is 0 Å². The minimum absolute atomic E-state index is 0.951. The predicted octanol–water partition coefficient (Wildman–Crippen LogP) is 4.11. The SMILES string of the molecule is ClC(Cl)(Cl)Sc1ccccc1. The molecule has 0 aromatic heterocycles. The van der Waals surface area contributed by atoms with Crippen molar-refractivity contribution in [3.63, 3.8) is 0 Å². The molecule has 0 aliphatic rings. The van der Waals surface area contributed by atoms with Crippen molar-refractivity contribution in [1.29, 1.82) is 0 Å². The summed E-state index contributed by atoms with van der Waals surface area (Å²) in [5, 5.41) is 0. The highest BCUT2D eigenvalue weighted by molar-refractivity contribution is 8.04. The van der Waals surface area contributed by atoms with E-state index in [0.29, 0.717) is 0 Å². The molecule has 0 aliphatic carbocycles. The van der Waals surface area contributed by atoms with Gasteiger partial charge in [-0.2, -0.15) is 0 Å². The molecule has 0 saturated carbocycles. The molecule has 0 unspecified atom stereocenters. The quantitative estimate of drug-likeness (QED) is 0.514. The fourth-order valence-electron chi connectivity index (χ4n) is 0.622. The van der Waals surface area contributed by atoms with E-state index in [4.69, 9.17) is 34.8 Å². The fourth-order valence-corrected chi connectivity index (χ4v) is 1.98. The molecule has 0 heterocycles. The molecule has 0 spiro atoms. The molecule has 0 atom stereocenters. The van der Waals surface area contributed by atoms with Gasteiger partial charge in [-0.1, -0.05) is 64.8 Å². The van der Waals surface area contributed by atoms with Crippen molar-refractivity contribution in [2.45, 2.75) is 8.02 Å². The molecule has 1 rings (SSSR count). The van der Waals surface area contributed by atoms with E-state index in [2.05, 4.69) is 0 Å². The molecule has 0 saturated heterocycles. The Balaban J connectivity index is 2.66. The van der Waals surface area contributed by atoms with Crippen LogP contribution in [0.2, 0.25) is 0 Å². The Morgan fingerprint density at radius 2 is 1.55 bits per heavy atom. The maximum atomic E-state index is 5.56. The number of hydrogen-bond acceptors (Lipinski definition) is 1. The molecule has 4 heteroatoms. The van der Waals surface area contributed by atoms with E-state index in [1.54, 1.807) is 0 Å². The number of hydrogen-bond donors (Lipinski definition) is 0. The monoisotopic (exact) mass is 226 g/mol. The summed E-state index contributed by atoms with van der Waals surface area (Å²) in [6, 6.07) is 9.51. The second kappa shape index (κ2) is 3.90. The van der Waals surface area contributed by atoms with Crippen LogP contribution in [0.5, 0.6) is 0 Å². The van der Waals surface area contributed by atoms with E-state index in [1.165, 1.54) is 11.8 Å². The average Bonchev–Trinajstić information content (AvgIpc) is 1.85. The lowest BCUT2D eigenvalue weighted by Gasteiger charge is -2.08. The fraction of sp³-hybridized carbons (Fsp3) is 0.143. The average molecular weight is 228 g/mol. The van der Waals surface area contributed by atoms with Gasteiger partial charge in [-0.15, -0.1) is 0 Å². The van der Waals surface area contributed by atoms with Crippen LogP contribution in [0, 0.1) is 0 Å². The second-order valence-electron chi connectivity index (χ2n) is 1.86. The summed E-state index contributed by atoms with van der Waals surface area (Å²) in [5.74, 6) is 0. The van der Waals surface area contributed by atoms with E-state index in [0.717, 1.165) is 4.90 Å². The largest absolute Gasteiger partial charge is 0.241 e. The molecule has 60 valence electrons. The number of benzene rings is 1. The van der Waals surface area contributed by atoms with E-state index in [9.17, 15) is 0 Å². The van der Waals surface area contributed by atoms with Gasteiger partial charge in [0.05, 0.1) is 0 Å². The zero-order valence-electron chi connectivity index (χ0n) is 5.43. The summed E-state index contributed by atoms with van der Waals surface area (Å²) in [4.78, 5) is 0.951. The van der Waals surface area contributed by atoms with Crippen molar-refractivity contribution < 1.29 is 0 Å². The molecule has 0 amide bonds. The van der Waals surface area contributed by atoms with Crippen molar-refractivity contribution >= 4 is 46.6 Å². The molecule has 11 heavy (non-hydrogen) atoms. The topological polar surface area (TPSA) is 0 Å². The zero-order chi connectivity index (χ0) is 8.32. The minimum Gasteiger partial charge on any atom is -0.0714 e. The van der Waals surface area contributed by atoms with Crippen LogP contribution < -0.4 is 0 Å². The Labute approximate surface area is 84.8 Å². The summed E-state index contributed by atoms with van der Waals surface area (Å²) in [6.45, 7) is 0. The first-order valence-corrected chi connectivity index (χ1v) is 4.84. The highest BCUT2D eigenvalue weighted by Gasteiger charge is 2.20. The zero-order valence-corrected chi connectivity index (χ0v) is 8.51. The third-order valence-corrected chi connectivity index (χ3v) is 2.41. The molecule has 0 N–H and O–H groups in total. The van der Waals surface area contributed by atoms with E-state index in [-0.39, 0.29) is 0 Å². The molecule has 0 fully saturated rings. The van der Waals surface area contributed by atoms with Gasteiger partial charge in [0, 0.05) is 4.90 Å². The summed E-state index contributed by atoms with van der Waals surface area (Å²) >= 11 is 17.9. The highest BCUT2D eigenvalue weighted by atomic mass is 35.6. The first-order valence-electron chi connectivity index (χ1n) is 2.89. The van der Waals surface area contributed by atoms with Gasteiger partial charge >= 0.3 is 0 Å². The molecule has 0 nitrogen and oxygen atoms in total. The van der Waals surface area contributed by atoms with Crippen molar-refractivity contribution in [3.8, 4) is 0 Å². The van der Waals surface area contributed by atoms with Gasteiger partial charge in [-0.05, 0) is 12.1 Å². The highest BCUT2D eigenvalue weighted by Crippen LogP contribution is 2.43. The van der Waals surface area contributed by atoms with E-state index >= 15 is 0 Å². The van der Waals surface area contributed by atoms with E-state index in [1.807, 2.05) is 30.3 Å². The van der Waals surface area contributed by atoms with Crippen LogP contribution in [0.15, 0.2) is 35.2 Å². The van der Waals surface area contributed by atoms with Crippen LogP contribution >= 0.6 is 46.6 Å². The van der Waals surface area contributed by atoms with Gasteiger partial charge in [-0.25, -0.2) is 0 Å². The molecular formula is C7H5Cl3S. The maximum Gasteiger partial charge on any atom is 0.241 e. The number of rotatable bonds is 1. The predicted molar refractivity (Wildman–Crippen MR) is 52.6 cm³/mol. The lowest BCUT2D eigenvalue weighted by molar-refractivity contribution is 1.45. The van der Waals surface area contributed by atoms with Crippen LogP contribution in [-0.4, -0.2) is 3.12 Å². The summed E-state index contributed by atoms with van der Waals surface area (Å²) in [7, 11) is 0. The molecular weight excluding hydrogens is 223 g/mol. The maximum absolute atomic E-state index is 5.56. The number of halogens is 3. The lowest BCUT2D eigenvalue weighted by atomic mass is 10.4. The van der Waals surface area contributed by atoms with Crippen LogP contribution in [0.3, 0.4) is 0 Å². The Hall–Kier alpha value is 0.440. The molecule has 0 bridgehead atoms. The van der Waals surface area contributed by atoms with E-state index < -0.39 is 3.12 Å². The second-order valence-corrected chi connectivity index (χ2v) is 6.10. The lowest BCUT2D eigenvalue weighted by Crippen LogP contribution is -1.92. The van der Waals surface area contributed by atoms with Gasteiger partial charge < -0.3 is 0 Å². The van der Waals surface area contributed by atoms with Crippen LogP contribution in [-0.2, 0) is 0 Å². The normalized spacial score (nSPS) is 11.5. The summed E-state index contributed by atoms with van der Waals surface area (Å²) in [6.07, 6.45) is 0. The Bertz CT molecular complexity index is 217. The van der Waals surface area contributed by atoms with Gasteiger partial charge in [0.15, 0.2) is 0 Å². The van der Waals surface area contributed by atoms with Gasteiger partial charge in [0.25, 0.3) is 0 Å². The standard InChI is InChI=1S/C7H5Cl3S/c8-7(9,10)11-6-4-2-1-3-5-6/h1-5H. The Morgan fingerprint density at radius 3 is 2.00 bits per heavy atom. The molecule has 1 aromatic carbocycles. The smallest absolute Gasteiger partial charge is 0.0714 e. The van der Waals surface area contributed by atoms with Gasteiger partial charge in [0.1, 0.15) is 0 Å². The van der Waals surface area contributed by atoms with Crippen LogP contribution in [0.1, 0.15) is 0 Å².